The topological polar surface area (TPSA) is 23.8 Å². The summed E-state index contributed by atoms with van der Waals surface area (Å²) in [6.07, 6.45) is 23.8. The first-order chi connectivity index (χ1) is 13.2. The van der Waals surface area contributed by atoms with Crippen LogP contribution in [0.4, 0.5) is 0 Å². The van der Waals surface area contributed by atoms with Crippen molar-refractivity contribution in [3.8, 4) is 6.07 Å². The highest BCUT2D eigenvalue weighted by molar-refractivity contribution is 5.03. The van der Waals surface area contributed by atoms with E-state index in [-0.39, 0.29) is 5.41 Å². The Morgan fingerprint density at radius 3 is 1.93 bits per heavy atom. The summed E-state index contributed by atoms with van der Waals surface area (Å²) in [6.45, 7) is 4.59. The van der Waals surface area contributed by atoms with Crippen molar-refractivity contribution in [2.24, 2.45) is 35.0 Å². The normalized spacial score (nSPS) is 40.4. The maximum Gasteiger partial charge on any atom is 0.0689 e. The van der Waals surface area contributed by atoms with E-state index in [9.17, 15) is 5.26 Å². The average molecular weight is 372 g/mol. The van der Waals surface area contributed by atoms with Crippen LogP contribution < -0.4 is 0 Å². The Morgan fingerprint density at radius 1 is 0.778 bits per heavy atom. The minimum absolute atomic E-state index is 0.0331. The number of hydrogen-bond donors (Lipinski definition) is 0. The van der Waals surface area contributed by atoms with Gasteiger partial charge in [0.05, 0.1) is 11.5 Å². The molecule has 3 aliphatic carbocycles. The first-order valence-electron chi connectivity index (χ1n) is 12.6. The molecule has 0 aromatic heterocycles. The Hall–Kier alpha value is -0.510. The van der Waals surface area contributed by atoms with Gasteiger partial charge < -0.3 is 0 Å². The molecule has 0 spiro atoms. The minimum Gasteiger partial charge on any atom is -0.198 e. The second-order valence-corrected chi connectivity index (χ2v) is 10.6. The maximum atomic E-state index is 9.83. The number of rotatable bonds is 7. The molecular weight excluding hydrogens is 326 g/mol. The van der Waals surface area contributed by atoms with E-state index in [1.807, 2.05) is 0 Å². The summed E-state index contributed by atoms with van der Waals surface area (Å²) < 4.78 is 0. The fourth-order valence-corrected chi connectivity index (χ4v) is 7.20. The molecule has 2 unspecified atom stereocenters. The highest BCUT2D eigenvalue weighted by Gasteiger charge is 2.40. The smallest absolute Gasteiger partial charge is 0.0689 e. The van der Waals surface area contributed by atoms with Gasteiger partial charge in [0.1, 0.15) is 0 Å². The van der Waals surface area contributed by atoms with Gasteiger partial charge in [-0.05, 0) is 87.4 Å². The molecule has 3 aliphatic rings. The Bertz CT molecular complexity index is 457. The quantitative estimate of drug-likeness (QED) is 0.441. The first-order valence-corrected chi connectivity index (χ1v) is 12.6. The third-order valence-electron chi connectivity index (χ3n) is 8.86. The summed E-state index contributed by atoms with van der Waals surface area (Å²) in [5.74, 6) is 4.93. The van der Waals surface area contributed by atoms with Crippen molar-refractivity contribution >= 4 is 0 Å². The van der Waals surface area contributed by atoms with E-state index in [0.717, 1.165) is 36.0 Å². The molecule has 0 aromatic carbocycles. The second kappa shape index (κ2) is 10.3. The lowest BCUT2D eigenvalue weighted by atomic mass is 9.61. The highest BCUT2D eigenvalue weighted by Crippen LogP contribution is 2.50. The predicted molar refractivity (Wildman–Crippen MR) is 115 cm³/mol. The molecule has 0 aromatic rings. The Labute approximate surface area is 169 Å². The van der Waals surface area contributed by atoms with Crippen molar-refractivity contribution in [3.63, 3.8) is 0 Å². The lowest BCUT2D eigenvalue weighted by molar-refractivity contribution is 0.0820. The molecule has 3 fully saturated rings. The molecule has 0 heterocycles. The van der Waals surface area contributed by atoms with Crippen LogP contribution in [-0.4, -0.2) is 0 Å². The number of unbranched alkanes of at least 4 members (excludes halogenated alkanes) is 1. The van der Waals surface area contributed by atoms with Crippen molar-refractivity contribution in [2.75, 3.05) is 0 Å². The van der Waals surface area contributed by atoms with Crippen molar-refractivity contribution in [1.82, 2.24) is 0 Å². The lowest BCUT2D eigenvalue weighted by Gasteiger charge is -2.43. The Balaban J connectivity index is 1.43. The molecule has 0 aliphatic heterocycles. The van der Waals surface area contributed by atoms with Crippen LogP contribution in [0.5, 0.6) is 0 Å². The third kappa shape index (κ3) is 5.52. The van der Waals surface area contributed by atoms with Crippen molar-refractivity contribution in [3.05, 3.63) is 0 Å². The summed E-state index contributed by atoms with van der Waals surface area (Å²) in [5, 5.41) is 9.83. The predicted octanol–water partition coefficient (Wildman–Crippen LogP) is 8.29. The summed E-state index contributed by atoms with van der Waals surface area (Å²) in [5.41, 5.74) is 0.0331. The van der Waals surface area contributed by atoms with Gasteiger partial charge in [-0.25, -0.2) is 0 Å². The van der Waals surface area contributed by atoms with Gasteiger partial charge in [-0.1, -0.05) is 65.2 Å². The van der Waals surface area contributed by atoms with Crippen LogP contribution in [0.25, 0.3) is 0 Å². The van der Waals surface area contributed by atoms with Crippen molar-refractivity contribution in [1.29, 1.82) is 5.26 Å². The fraction of sp³-hybridized carbons (Fsp3) is 0.962. The van der Waals surface area contributed by atoms with Gasteiger partial charge in [-0.2, -0.15) is 5.26 Å². The van der Waals surface area contributed by atoms with Crippen molar-refractivity contribution < 1.29 is 0 Å². The molecular formula is C26H45N. The van der Waals surface area contributed by atoms with E-state index >= 15 is 0 Å². The Morgan fingerprint density at radius 2 is 1.37 bits per heavy atom. The van der Waals surface area contributed by atoms with Crippen LogP contribution in [0, 0.1) is 46.3 Å². The summed E-state index contributed by atoms with van der Waals surface area (Å²) in [6, 6.07) is 2.77. The minimum atomic E-state index is 0.0331. The molecule has 0 amide bonds. The monoisotopic (exact) mass is 371 g/mol. The van der Waals surface area contributed by atoms with Gasteiger partial charge >= 0.3 is 0 Å². The van der Waals surface area contributed by atoms with Crippen LogP contribution in [0.2, 0.25) is 0 Å². The van der Waals surface area contributed by atoms with E-state index in [4.69, 9.17) is 0 Å². The molecule has 0 radical (unpaired) electrons. The lowest BCUT2D eigenvalue weighted by Crippen LogP contribution is -2.34. The molecule has 3 saturated carbocycles. The number of hydrogen-bond acceptors (Lipinski definition) is 1. The molecule has 2 atom stereocenters. The van der Waals surface area contributed by atoms with Gasteiger partial charge in [0.2, 0.25) is 0 Å². The molecule has 27 heavy (non-hydrogen) atoms. The third-order valence-corrected chi connectivity index (χ3v) is 8.86. The zero-order valence-corrected chi connectivity index (χ0v) is 18.4. The first kappa shape index (κ1) is 21.2. The fourth-order valence-electron chi connectivity index (χ4n) is 7.20. The van der Waals surface area contributed by atoms with E-state index in [1.54, 1.807) is 0 Å². The molecule has 0 N–H and O–H groups in total. The van der Waals surface area contributed by atoms with Gasteiger partial charge in [-0.3, -0.25) is 0 Å². The largest absolute Gasteiger partial charge is 0.198 e. The van der Waals surface area contributed by atoms with Gasteiger partial charge in [0.15, 0.2) is 0 Å². The Kier molecular flexibility index (Phi) is 8.10. The molecule has 3 rings (SSSR count). The summed E-state index contributed by atoms with van der Waals surface area (Å²) in [4.78, 5) is 0. The molecule has 0 saturated heterocycles. The standard InChI is InChI=1S/C26H45N/c1-3-5-7-21-9-11-22(12-10-21)23-13-15-24(16-14-23)25-8-6-18-26(19-25,20-27)17-4-2/h21-25H,3-19H2,1-2H3/t21-,22-,23?,24?,25?,26?. The number of nitriles is 1. The average Bonchev–Trinajstić information content (AvgIpc) is 2.73. The molecule has 1 nitrogen and oxygen atoms in total. The molecule has 0 bridgehead atoms. The van der Waals surface area contributed by atoms with E-state index in [1.165, 1.54) is 103 Å². The van der Waals surface area contributed by atoms with Crippen LogP contribution in [0.3, 0.4) is 0 Å². The van der Waals surface area contributed by atoms with Crippen LogP contribution in [0.15, 0.2) is 0 Å². The summed E-state index contributed by atoms with van der Waals surface area (Å²) in [7, 11) is 0. The van der Waals surface area contributed by atoms with E-state index < -0.39 is 0 Å². The van der Waals surface area contributed by atoms with Gasteiger partial charge in [-0.15, -0.1) is 0 Å². The van der Waals surface area contributed by atoms with E-state index in [0.29, 0.717) is 0 Å². The molecule has 154 valence electrons. The SMILES string of the molecule is CCCC[C@H]1CC[C@H](C2CCC(C3CCCC(C#N)(CCC)C3)CC2)CC1. The zero-order chi connectivity index (χ0) is 19.1. The van der Waals surface area contributed by atoms with E-state index in [2.05, 4.69) is 19.9 Å². The maximum absolute atomic E-state index is 9.83. The second-order valence-electron chi connectivity index (χ2n) is 10.6. The van der Waals surface area contributed by atoms with Gasteiger partial charge in [0.25, 0.3) is 0 Å². The van der Waals surface area contributed by atoms with Crippen LogP contribution in [0.1, 0.15) is 123 Å². The number of nitrogens with zero attached hydrogens (tertiary/aromatic N) is 1. The van der Waals surface area contributed by atoms with Crippen LogP contribution in [-0.2, 0) is 0 Å². The van der Waals surface area contributed by atoms with Gasteiger partial charge in [0, 0.05) is 0 Å². The van der Waals surface area contributed by atoms with Crippen LogP contribution >= 0.6 is 0 Å². The summed E-state index contributed by atoms with van der Waals surface area (Å²) >= 11 is 0. The molecule has 1 heteroatoms. The zero-order valence-electron chi connectivity index (χ0n) is 18.4. The highest BCUT2D eigenvalue weighted by atomic mass is 14.5. The van der Waals surface area contributed by atoms with Crippen molar-refractivity contribution in [2.45, 2.75) is 123 Å².